The zero-order chi connectivity index (χ0) is 17.6. The van der Waals surface area contributed by atoms with Crippen molar-refractivity contribution in [1.82, 2.24) is 14.9 Å². The monoisotopic (exact) mass is 373 g/mol. The summed E-state index contributed by atoms with van der Waals surface area (Å²) in [7, 11) is 0. The van der Waals surface area contributed by atoms with Crippen LogP contribution in [0.4, 0.5) is 0 Å². The molecule has 0 aliphatic rings. The van der Waals surface area contributed by atoms with Crippen molar-refractivity contribution in [3.05, 3.63) is 63.9 Å². The van der Waals surface area contributed by atoms with Gasteiger partial charge in [0.1, 0.15) is 5.75 Å². The average molecular weight is 374 g/mol. The highest BCUT2D eigenvalue weighted by Crippen LogP contribution is 2.20. The summed E-state index contributed by atoms with van der Waals surface area (Å²) in [6, 6.07) is 15.0. The lowest BCUT2D eigenvalue weighted by atomic mass is 10.2. The van der Waals surface area contributed by atoms with E-state index >= 15 is 0 Å². The van der Waals surface area contributed by atoms with Gasteiger partial charge in [-0.1, -0.05) is 29.8 Å². The van der Waals surface area contributed by atoms with Crippen molar-refractivity contribution in [1.29, 1.82) is 0 Å². The first-order valence-electron chi connectivity index (χ1n) is 7.63. The molecule has 0 radical (unpaired) electrons. The Labute approximate surface area is 155 Å². The number of H-pyrrole nitrogens is 1. The largest absolute Gasteiger partial charge is 0.494 e. The number of rotatable bonds is 6. The number of aromatic nitrogens is 3. The van der Waals surface area contributed by atoms with Gasteiger partial charge in [0.25, 0.3) is 0 Å². The Morgan fingerprint density at radius 3 is 2.76 bits per heavy atom. The molecule has 2 N–H and O–H groups in total. The average Bonchev–Trinajstić information content (AvgIpc) is 2.98. The van der Waals surface area contributed by atoms with Crippen LogP contribution in [0.3, 0.4) is 0 Å². The summed E-state index contributed by atoms with van der Waals surface area (Å²) in [5, 5.41) is 11.8. The van der Waals surface area contributed by atoms with Crippen LogP contribution in [0.25, 0.3) is 11.4 Å². The normalized spacial score (nSPS) is 11.0. The Hall–Kier alpha value is -2.64. The predicted molar refractivity (Wildman–Crippen MR) is 102 cm³/mol. The van der Waals surface area contributed by atoms with Gasteiger partial charge < -0.3 is 4.74 Å². The Kier molecular flexibility index (Phi) is 5.47. The molecule has 128 valence electrons. The summed E-state index contributed by atoms with van der Waals surface area (Å²) >= 11 is 11.4. The Morgan fingerprint density at radius 1 is 1.28 bits per heavy atom. The lowest BCUT2D eigenvalue weighted by Crippen LogP contribution is -2.10. The molecule has 2 aromatic carbocycles. The summed E-state index contributed by atoms with van der Waals surface area (Å²) < 4.78 is 7.43. The molecule has 1 heterocycles. The van der Waals surface area contributed by atoms with Gasteiger partial charge in [0, 0.05) is 16.1 Å². The second-order valence-corrected chi connectivity index (χ2v) is 5.82. The summed E-state index contributed by atoms with van der Waals surface area (Å²) in [4.78, 5) is 0. The molecule has 3 aromatic rings. The summed E-state index contributed by atoms with van der Waals surface area (Å²) in [5.74, 6) is 1.42. The zero-order valence-electron chi connectivity index (χ0n) is 13.4. The number of benzene rings is 2. The molecule has 0 bridgehead atoms. The van der Waals surface area contributed by atoms with Gasteiger partial charge in [-0.3, -0.25) is 0 Å². The van der Waals surface area contributed by atoms with E-state index in [1.165, 1.54) is 0 Å². The minimum Gasteiger partial charge on any atom is -0.494 e. The second-order valence-electron chi connectivity index (χ2n) is 5.02. The molecule has 3 rings (SSSR count). The number of halogens is 1. The smallest absolute Gasteiger partial charge is 0.216 e. The fraction of sp³-hybridized carbons (Fsp3) is 0.118. The summed E-state index contributed by atoms with van der Waals surface area (Å²) in [6.07, 6.45) is 1.62. The van der Waals surface area contributed by atoms with Gasteiger partial charge in [-0.25, -0.2) is 10.6 Å². The molecule has 0 atom stereocenters. The molecule has 0 fully saturated rings. The molecule has 1 aromatic heterocycles. The molecule has 0 aliphatic carbocycles. The first-order chi connectivity index (χ1) is 12.2. The van der Waals surface area contributed by atoms with Crippen molar-refractivity contribution in [2.24, 2.45) is 5.10 Å². The van der Waals surface area contributed by atoms with E-state index in [0.717, 1.165) is 16.9 Å². The number of nitrogens with zero attached hydrogens (tertiary/aromatic N) is 3. The fourth-order valence-corrected chi connectivity index (χ4v) is 2.54. The van der Waals surface area contributed by atoms with Crippen molar-refractivity contribution in [3.8, 4) is 17.1 Å². The van der Waals surface area contributed by atoms with Gasteiger partial charge in [0.15, 0.2) is 5.82 Å². The van der Waals surface area contributed by atoms with Crippen molar-refractivity contribution < 1.29 is 4.74 Å². The van der Waals surface area contributed by atoms with Crippen LogP contribution >= 0.6 is 23.8 Å². The molecule has 25 heavy (non-hydrogen) atoms. The highest BCUT2D eigenvalue weighted by molar-refractivity contribution is 7.71. The maximum atomic E-state index is 6.11. The zero-order valence-corrected chi connectivity index (χ0v) is 15.0. The third kappa shape index (κ3) is 4.07. The lowest BCUT2D eigenvalue weighted by molar-refractivity contribution is 0.340. The lowest BCUT2D eigenvalue weighted by Gasteiger charge is -2.07. The van der Waals surface area contributed by atoms with Crippen LogP contribution in [0, 0.1) is 4.77 Å². The first kappa shape index (κ1) is 17.2. The summed E-state index contributed by atoms with van der Waals surface area (Å²) in [5.41, 5.74) is 4.55. The van der Waals surface area contributed by atoms with Crippen LogP contribution in [-0.2, 0) is 0 Å². The Morgan fingerprint density at radius 2 is 2.04 bits per heavy atom. The topological polar surface area (TPSA) is 67.2 Å². The Balaban J connectivity index is 1.82. The number of hydrazone groups is 1. The van der Waals surface area contributed by atoms with Gasteiger partial charge in [-0.2, -0.15) is 14.9 Å². The molecule has 6 nitrogen and oxygen atoms in total. The molecule has 0 aliphatic heterocycles. The minimum atomic E-state index is 0.403. The van der Waals surface area contributed by atoms with Crippen LogP contribution in [0.2, 0.25) is 5.02 Å². The second kappa shape index (κ2) is 7.96. The van der Waals surface area contributed by atoms with E-state index < -0.39 is 0 Å². The van der Waals surface area contributed by atoms with Gasteiger partial charge in [-0.15, -0.1) is 0 Å². The molecule has 0 saturated carbocycles. The van der Waals surface area contributed by atoms with E-state index in [9.17, 15) is 0 Å². The van der Waals surface area contributed by atoms with Gasteiger partial charge in [0.05, 0.1) is 12.8 Å². The molecule has 0 saturated heterocycles. The Bertz CT molecular complexity index is 933. The molecular formula is C17H16ClN5OS. The van der Waals surface area contributed by atoms with Crippen LogP contribution in [0.5, 0.6) is 5.75 Å². The van der Waals surface area contributed by atoms with Crippen LogP contribution in [0.1, 0.15) is 12.5 Å². The number of aromatic amines is 1. The third-order valence-electron chi connectivity index (χ3n) is 3.36. The quantitative estimate of drug-likeness (QED) is 0.385. The first-order valence-corrected chi connectivity index (χ1v) is 8.42. The van der Waals surface area contributed by atoms with Crippen LogP contribution in [-0.4, -0.2) is 27.7 Å². The number of hydrogen-bond acceptors (Lipinski definition) is 5. The van der Waals surface area contributed by atoms with Gasteiger partial charge in [-0.05, 0) is 49.5 Å². The fourth-order valence-electron chi connectivity index (χ4n) is 2.19. The van der Waals surface area contributed by atoms with Crippen molar-refractivity contribution in [2.45, 2.75) is 6.92 Å². The minimum absolute atomic E-state index is 0.403. The highest BCUT2D eigenvalue weighted by Gasteiger charge is 2.08. The number of ether oxygens (including phenoxy) is 1. The highest BCUT2D eigenvalue weighted by atomic mass is 35.5. The number of hydrogen-bond donors (Lipinski definition) is 2. The molecule has 8 heteroatoms. The SMILES string of the molecule is CCOc1ccc(-c2n[nH]c(=S)n2NN=Cc2ccccc2Cl)cc1. The van der Waals surface area contributed by atoms with Crippen molar-refractivity contribution in [2.75, 3.05) is 12.1 Å². The van der Waals surface area contributed by atoms with Crippen LogP contribution in [0.15, 0.2) is 53.6 Å². The molecule has 0 spiro atoms. The van der Waals surface area contributed by atoms with Crippen molar-refractivity contribution >= 4 is 30.0 Å². The molecule has 0 unspecified atom stereocenters. The van der Waals surface area contributed by atoms with E-state index in [4.69, 9.17) is 28.6 Å². The number of nitrogens with one attached hydrogen (secondary N) is 2. The van der Waals surface area contributed by atoms with Gasteiger partial charge in [0.2, 0.25) is 4.77 Å². The van der Waals surface area contributed by atoms with E-state index in [0.29, 0.717) is 22.2 Å². The van der Waals surface area contributed by atoms with E-state index in [1.807, 2.05) is 49.4 Å². The standard InChI is InChI=1S/C17H16ClN5OS/c1-2-24-14-9-7-12(8-10-14)16-20-21-17(25)23(16)22-19-11-13-5-3-4-6-15(13)18/h3-11,22H,2H2,1H3,(H,21,25). The molecule has 0 amide bonds. The maximum absolute atomic E-state index is 6.11. The van der Waals surface area contributed by atoms with E-state index in [2.05, 4.69) is 20.8 Å². The van der Waals surface area contributed by atoms with Gasteiger partial charge >= 0.3 is 0 Å². The van der Waals surface area contributed by atoms with E-state index in [1.54, 1.807) is 17.0 Å². The van der Waals surface area contributed by atoms with Crippen LogP contribution < -0.4 is 10.3 Å². The molecular weight excluding hydrogens is 358 g/mol. The third-order valence-corrected chi connectivity index (χ3v) is 3.98. The predicted octanol–water partition coefficient (Wildman–Crippen LogP) is 4.24. The van der Waals surface area contributed by atoms with Crippen molar-refractivity contribution in [3.63, 3.8) is 0 Å². The summed E-state index contributed by atoms with van der Waals surface area (Å²) in [6.45, 7) is 2.57. The maximum Gasteiger partial charge on any atom is 0.216 e. The van der Waals surface area contributed by atoms with E-state index in [-0.39, 0.29) is 0 Å².